The Morgan fingerprint density at radius 1 is 1.53 bits per heavy atom. The van der Waals surface area contributed by atoms with Crippen LogP contribution in [0.1, 0.15) is 26.7 Å². The number of hydrogen-bond donors (Lipinski definition) is 3. The fraction of sp³-hybridized carbons (Fsp3) is 0.500. The number of carbonyl (C=O) groups is 1. The van der Waals surface area contributed by atoms with Crippen LogP contribution in [0, 0.1) is 0 Å². The number of nitrogens with one attached hydrogen (secondary N) is 2. The number of nitrogens with two attached hydrogens (primary N) is 1. The van der Waals surface area contributed by atoms with Crippen LogP contribution < -0.4 is 21.1 Å². The summed E-state index contributed by atoms with van der Waals surface area (Å²) < 4.78 is 5.43. The molecule has 2 rings (SSSR count). The summed E-state index contributed by atoms with van der Waals surface area (Å²) in [6.45, 7) is 4.29. The molecule has 0 heterocycles. The lowest BCUT2D eigenvalue weighted by molar-refractivity contribution is -0.121. The maximum atomic E-state index is 11.9. The molecule has 1 aliphatic rings. The molecule has 5 heteroatoms. The van der Waals surface area contributed by atoms with Crippen LogP contribution in [0.2, 0.25) is 0 Å². The van der Waals surface area contributed by atoms with Gasteiger partial charge in [-0.15, -0.1) is 0 Å². The van der Waals surface area contributed by atoms with E-state index >= 15 is 0 Å². The molecule has 4 N–H and O–H groups in total. The molecule has 19 heavy (non-hydrogen) atoms. The van der Waals surface area contributed by atoms with Crippen LogP contribution >= 0.6 is 0 Å². The van der Waals surface area contributed by atoms with Gasteiger partial charge in [-0.05, 0) is 38.8 Å². The van der Waals surface area contributed by atoms with Crippen molar-refractivity contribution in [2.24, 2.45) is 0 Å². The van der Waals surface area contributed by atoms with Crippen molar-refractivity contribution in [3.05, 3.63) is 18.2 Å². The molecule has 1 unspecified atom stereocenters. The normalized spacial score (nSPS) is 15.7. The van der Waals surface area contributed by atoms with E-state index in [1.807, 2.05) is 32.0 Å². The number of nitrogen functional groups attached to an aromatic ring is 1. The Labute approximate surface area is 113 Å². The molecule has 0 aromatic heterocycles. The van der Waals surface area contributed by atoms with E-state index in [1.54, 1.807) is 0 Å². The van der Waals surface area contributed by atoms with Gasteiger partial charge in [-0.25, -0.2) is 0 Å². The van der Waals surface area contributed by atoms with Crippen LogP contribution in [0.4, 0.5) is 11.4 Å². The van der Waals surface area contributed by atoms with Gasteiger partial charge in [0.05, 0.1) is 18.0 Å². The van der Waals surface area contributed by atoms with Crippen molar-refractivity contribution in [3.8, 4) is 5.75 Å². The highest BCUT2D eigenvalue weighted by Crippen LogP contribution is 2.29. The molecule has 1 aromatic rings. The van der Waals surface area contributed by atoms with Crippen molar-refractivity contribution in [1.29, 1.82) is 0 Å². The van der Waals surface area contributed by atoms with Crippen molar-refractivity contribution in [2.75, 3.05) is 17.7 Å². The van der Waals surface area contributed by atoms with Gasteiger partial charge in [0.25, 0.3) is 0 Å². The molecule has 1 saturated carbocycles. The van der Waals surface area contributed by atoms with Gasteiger partial charge >= 0.3 is 0 Å². The van der Waals surface area contributed by atoms with Crippen LogP contribution in [-0.2, 0) is 4.79 Å². The molecule has 1 aliphatic carbocycles. The van der Waals surface area contributed by atoms with Gasteiger partial charge in [-0.1, -0.05) is 6.07 Å². The molecule has 5 nitrogen and oxygen atoms in total. The minimum atomic E-state index is -0.320. The smallest absolute Gasteiger partial charge is 0.242 e. The van der Waals surface area contributed by atoms with Gasteiger partial charge < -0.3 is 21.1 Å². The van der Waals surface area contributed by atoms with Crippen molar-refractivity contribution in [3.63, 3.8) is 0 Å². The van der Waals surface area contributed by atoms with Crippen LogP contribution in [0.25, 0.3) is 0 Å². The van der Waals surface area contributed by atoms with Crippen molar-refractivity contribution < 1.29 is 9.53 Å². The lowest BCUT2D eigenvalue weighted by Crippen LogP contribution is -2.38. The maximum absolute atomic E-state index is 11.9. The predicted octanol–water partition coefficient (Wildman–Crippen LogP) is 1.75. The van der Waals surface area contributed by atoms with E-state index in [9.17, 15) is 4.79 Å². The first-order chi connectivity index (χ1) is 9.11. The molecule has 1 amide bonds. The van der Waals surface area contributed by atoms with Crippen molar-refractivity contribution in [1.82, 2.24) is 5.32 Å². The first-order valence-corrected chi connectivity index (χ1v) is 6.70. The summed E-state index contributed by atoms with van der Waals surface area (Å²) in [5.74, 6) is 0.644. The number of hydrogen-bond acceptors (Lipinski definition) is 4. The molecule has 0 radical (unpaired) electrons. The maximum Gasteiger partial charge on any atom is 0.242 e. The number of carbonyl (C=O) groups excluding carboxylic acids is 1. The second-order valence-electron chi connectivity index (χ2n) is 4.80. The monoisotopic (exact) mass is 263 g/mol. The molecule has 0 saturated heterocycles. The summed E-state index contributed by atoms with van der Waals surface area (Å²) >= 11 is 0. The number of amides is 1. The van der Waals surface area contributed by atoms with Crippen molar-refractivity contribution >= 4 is 17.3 Å². The summed E-state index contributed by atoms with van der Waals surface area (Å²) in [5, 5.41) is 6.08. The average molecular weight is 263 g/mol. The Hall–Kier alpha value is -1.91. The largest absolute Gasteiger partial charge is 0.492 e. The molecule has 0 aliphatic heterocycles. The lowest BCUT2D eigenvalue weighted by atomic mass is 10.2. The third-order valence-corrected chi connectivity index (χ3v) is 3.05. The summed E-state index contributed by atoms with van der Waals surface area (Å²) in [4.78, 5) is 11.9. The highest BCUT2D eigenvalue weighted by atomic mass is 16.5. The van der Waals surface area contributed by atoms with E-state index < -0.39 is 0 Å². The number of anilines is 2. The van der Waals surface area contributed by atoms with Crippen LogP contribution in [0.5, 0.6) is 5.75 Å². The quantitative estimate of drug-likeness (QED) is 0.683. The summed E-state index contributed by atoms with van der Waals surface area (Å²) in [6, 6.07) is 5.57. The van der Waals surface area contributed by atoms with Gasteiger partial charge in [-0.2, -0.15) is 0 Å². The number of ether oxygens (including phenoxy) is 1. The zero-order valence-corrected chi connectivity index (χ0v) is 11.4. The highest BCUT2D eigenvalue weighted by molar-refractivity contribution is 5.86. The second-order valence-corrected chi connectivity index (χ2v) is 4.80. The van der Waals surface area contributed by atoms with E-state index in [-0.39, 0.29) is 11.9 Å². The van der Waals surface area contributed by atoms with E-state index in [2.05, 4.69) is 10.6 Å². The van der Waals surface area contributed by atoms with Crippen molar-refractivity contribution in [2.45, 2.75) is 38.8 Å². The first kappa shape index (κ1) is 13.5. The lowest BCUT2D eigenvalue weighted by Gasteiger charge is -2.18. The standard InChI is InChI=1S/C14H21N3O2/c1-3-19-12-6-4-5-11(13(12)15)16-9(2)14(18)17-10-7-8-10/h4-6,9-10,16H,3,7-8,15H2,1-2H3,(H,17,18). The average Bonchev–Trinajstić information content (AvgIpc) is 3.18. The summed E-state index contributed by atoms with van der Waals surface area (Å²) in [6.07, 6.45) is 2.17. The van der Waals surface area contributed by atoms with E-state index in [4.69, 9.17) is 10.5 Å². The molecule has 1 fully saturated rings. The molecule has 0 bridgehead atoms. The van der Waals surface area contributed by atoms with Crippen LogP contribution in [-0.4, -0.2) is 24.6 Å². The van der Waals surface area contributed by atoms with Gasteiger partial charge in [0.1, 0.15) is 11.8 Å². The van der Waals surface area contributed by atoms with Gasteiger partial charge in [-0.3, -0.25) is 4.79 Å². The van der Waals surface area contributed by atoms with E-state index in [0.29, 0.717) is 24.1 Å². The Kier molecular flexibility index (Phi) is 4.14. The third-order valence-electron chi connectivity index (χ3n) is 3.05. The zero-order valence-electron chi connectivity index (χ0n) is 11.4. The molecular formula is C14H21N3O2. The molecular weight excluding hydrogens is 242 g/mol. The predicted molar refractivity (Wildman–Crippen MR) is 76.3 cm³/mol. The van der Waals surface area contributed by atoms with E-state index in [0.717, 1.165) is 18.5 Å². The molecule has 104 valence electrons. The number of benzene rings is 1. The molecule has 1 atom stereocenters. The van der Waals surface area contributed by atoms with Gasteiger partial charge in [0.2, 0.25) is 5.91 Å². The van der Waals surface area contributed by atoms with Gasteiger partial charge in [0.15, 0.2) is 0 Å². The number of rotatable bonds is 6. The number of para-hydroxylation sites is 1. The Balaban J connectivity index is 2.00. The Morgan fingerprint density at radius 3 is 2.89 bits per heavy atom. The third kappa shape index (κ3) is 3.53. The van der Waals surface area contributed by atoms with Gasteiger partial charge in [0, 0.05) is 6.04 Å². The van der Waals surface area contributed by atoms with E-state index in [1.165, 1.54) is 0 Å². The second kappa shape index (κ2) is 5.82. The van der Waals surface area contributed by atoms with Crippen LogP contribution in [0.3, 0.4) is 0 Å². The Bertz CT molecular complexity index is 458. The topological polar surface area (TPSA) is 76.4 Å². The Morgan fingerprint density at radius 2 is 2.26 bits per heavy atom. The summed E-state index contributed by atoms with van der Waals surface area (Å²) in [7, 11) is 0. The summed E-state index contributed by atoms with van der Waals surface area (Å²) in [5.41, 5.74) is 7.28. The first-order valence-electron chi connectivity index (χ1n) is 6.70. The van der Waals surface area contributed by atoms with Crippen LogP contribution in [0.15, 0.2) is 18.2 Å². The fourth-order valence-corrected chi connectivity index (χ4v) is 1.80. The molecule has 1 aromatic carbocycles. The minimum absolute atomic E-state index is 0.00344. The minimum Gasteiger partial charge on any atom is -0.492 e. The molecule has 0 spiro atoms. The fourth-order valence-electron chi connectivity index (χ4n) is 1.80. The highest BCUT2D eigenvalue weighted by Gasteiger charge is 2.25. The zero-order chi connectivity index (χ0) is 13.8. The SMILES string of the molecule is CCOc1cccc(NC(C)C(=O)NC2CC2)c1N.